The minimum atomic E-state index is -3.86. The van der Waals surface area contributed by atoms with Crippen LogP contribution in [0.25, 0.3) is 61.1 Å². The van der Waals surface area contributed by atoms with E-state index >= 15 is 4.39 Å². The molecule has 1 N–H and O–H groups in total. The number of sulfonamides is 1. The number of rotatable bonds is 7. The maximum absolute atomic E-state index is 15.1. The lowest BCUT2D eigenvalue weighted by molar-refractivity contribution is 0.0567. The van der Waals surface area contributed by atoms with Gasteiger partial charge in [0.25, 0.3) is 5.91 Å². The average molecular weight is 700 g/mol. The standard InChI is InChI=1S/C35H28F3N7O4S/c1-39-34(46)30-23-13-22(33(43(2)50(3,47)48)42-35(23)49-32(30)18-7-9-19(36)10-8-18)25-11-12-26-31(41-25)28-14-21-24(38)5-4-6-27(21)45(28)29(40-26)17-44-15-20(37)16-44/h4-14,20H,15-17H2,1-3H3,(H,39,46). The van der Waals surface area contributed by atoms with E-state index in [0.717, 1.165) is 10.6 Å². The molecule has 15 heteroatoms. The molecule has 1 aliphatic rings. The zero-order valence-corrected chi connectivity index (χ0v) is 27.7. The first kappa shape index (κ1) is 31.7. The Morgan fingerprint density at radius 1 is 1.00 bits per heavy atom. The van der Waals surface area contributed by atoms with Crippen molar-refractivity contribution >= 4 is 60.3 Å². The highest BCUT2D eigenvalue weighted by Crippen LogP contribution is 2.40. The Morgan fingerprint density at radius 3 is 2.46 bits per heavy atom. The van der Waals surface area contributed by atoms with E-state index in [0.29, 0.717) is 45.4 Å². The van der Waals surface area contributed by atoms with Gasteiger partial charge in [-0.3, -0.25) is 18.4 Å². The molecule has 0 aliphatic carbocycles. The van der Waals surface area contributed by atoms with E-state index in [1.54, 1.807) is 36.4 Å². The Labute approximate surface area is 283 Å². The summed E-state index contributed by atoms with van der Waals surface area (Å²) in [4.78, 5) is 29.6. The smallest absolute Gasteiger partial charge is 0.255 e. The Hall–Kier alpha value is -5.54. The summed E-state index contributed by atoms with van der Waals surface area (Å²) >= 11 is 0. The summed E-state index contributed by atoms with van der Waals surface area (Å²) < 4.78 is 77.3. The van der Waals surface area contributed by atoms with Gasteiger partial charge < -0.3 is 9.73 Å². The number of halogens is 3. The second-order valence-electron chi connectivity index (χ2n) is 12.3. The Balaban J connectivity index is 1.40. The molecule has 0 unspecified atom stereocenters. The molecule has 0 saturated carbocycles. The van der Waals surface area contributed by atoms with Crippen LogP contribution < -0.4 is 9.62 Å². The van der Waals surface area contributed by atoms with Gasteiger partial charge in [-0.05, 0) is 60.7 Å². The second-order valence-corrected chi connectivity index (χ2v) is 14.3. The highest BCUT2D eigenvalue weighted by molar-refractivity contribution is 7.92. The molecule has 6 heterocycles. The third-order valence-corrected chi connectivity index (χ3v) is 10.2. The summed E-state index contributed by atoms with van der Waals surface area (Å²) in [5, 5.41) is 3.22. The predicted molar refractivity (Wildman–Crippen MR) is 183 cm³/mol. The van der Waals surface area contributed by atoms with Crippen molar-refractivity contribution in [2.45, 2.75) is 12.7 Å². The molecule has 0 bridgehead atoms. The zero-order valence-electron chi connectivity index (χ0n) is 26.9. The number of aromatic nitrogens is 4. The number of amides is 1. The Bertz CT molecular complexity index is 2640. The van der Waals surface area contributed by atoms with Crippen LogP contribution in [-0.2, 0) is 16.6 Å². The number of benzene rings is 2. The number of hydrogen-bond donors (Lipinski definition) is 1. The lowest BCUT2D eigenvalue weighted by atomic mass is 10.0. The first-order chi connectivity index (χ1) is 23.9. The van der Waals surface area contributed by atoms with Crippen molar-refractivity contribution < 1.29 is 30.8 Å². The molecule has 50 heavy (non-hydrogen) atoms. The molecule has 0 atom stereocenters. The number of nitrogens with one attached hydrogen (secondary N) is 1. The monoisotopic (exact) mass is 699 g/mol. The summed E-state index contributed by atoms with van der Waals surface area (Å²) in [6.07, 6.45) is 0.113. The van der Waals surface area contributed by atoms with Crippen molar-refractivity contribution in [1.29, 1.82) is 0 Å². The van der Waals surface area contributed by atoms with Gasteiger partial charge in [0, 0.05) is 43.7 Å². The number of fused-ring (bicyclic) bond motifs is 6. The zero-order chi connectivity index (χ0) is 35.1. The molecule has 1 amide bonds. The molecular formula is C35H28F3N7O4S. The number of hydrogen-bond acceptors (Lipinski definition) is 8. The highest BCUT2D eigenvalue weighted by Gasteiger charge is 2.30. The number of nitrogens with zero attached hydrogens (tertiary/aromatic N) is 6. The van der Waals surface area contributed by atoms with Crippen LogP contribution in [0.5, 0.6) is 0 Å². The molecule has 0 radical (unpaired) electrons. The lowest BCUT2D eigenvalue weighted by Gasteiger charge is -2.34. The van der Waals surface area contributed by atoms with E-state index in [1.165, 1.54) is 44.4 Å². The van der Waals surface area contributed by atoms with Gasteiger partial charge in [-0.2, -0.15) is 4.98 Å². The number of furan rings is 1. The van der Waals surface area contributed by atoms with Crippen LogP contribution in [0, 0.1) is 11.6 Å². The minimum Gasteiger partial charge on any atom is -0.437 e. The van der Waals surface area contributed by atoms with E-state index in [-0.39, 0.29) is 52.6 Å². The topological polar surface area (TPSA) is 126 Å². The molecule has 1 saturated heterocycles. The largest absolute Gasteiger partial charge is 0.437 e. The van der Waals surface area contributed by atoms with Gasteiger partial charge in [0.15, 0.2) is 5.82 Å². The van der Waals surface area contributed by atoms with Gasteiger partial charge in [0.2, 0.25) is 15.7 Å². The van der Waals surface area contributed by atoms with E-state index in [9.17, 15) is 22.0 Å². The molecule has 8 rings (SSSR count). The average Bonchev–Trinajstić information content (AvgIpc) is 3.66. The normalized spacial score (nSPS) is 14.2. The van der Waals surface area contributed by atoms with E-state index in [1.807, 2.05) is 9.30 Å². The fourth-order valence-electron chi connectivity index (χ4n) is 6.41. The first-order valence-electron chi connectivity index (χ1n) is 15.6. The molecule has 11 nitrogen and oxygen atoms in total. The van der Waals surface area contributed by atoms with Gasteiger partial charge in [0.05, 0.1) is 46.0 Å². The Morgan fingerprint density at radius 2 is 1.76 bits per heavy atom. The van der Waals surface area contributed by atoms with Crippen molar-refractivity contribution in [2.75, 3.05) is 37.7 Å². The first-order valence-corrected chi connectivity index (χ1v) is 17.4. The maximum Gasteiger partial charge on any atom is 0.255 e. The van der Waals surface area contributed by atoms with Gasteiger partial charge in [-0.25, -0.2) is 31.6 Å². The molecular weight excluding hydrogens is 671 g/mol. The molecule has 254 valence electrons. The number of carbonyl (C=O) groups excluding carboxylic acids is 1. The van der Waals surface area contributed by atoms with Crippen LogP contribution in [-0.4, -0.2) is 78.2 Å². The van der Waals surface area contributed by atoms with Gasteiger partial charge in [-0.15, -0.1) is 0 Å². The second kappa shape index (κ2) is 11.5. The number of likely N-dealkylation sites (tertiary alicyclic amines) is 1. The van der Waals surface area contributed by atoms with Crippen molar-refractivity contribution in [3.63, 3.8) is 0 Å². The molecule has 0 spiro atoms. The summed E-state index contributed by atoms with van der Waals surface area (Å²) in [5.74, 6) is -0.746. The van der Waals surface area contributed by atoms with Gasteiger partial charge in [0.1, 0.15) is 34.9 Å². The van der Waals surface area contributed by atoms with Crippen LogP contribution >= 0.6 is 0 Å². The Kier molecular flexibility index (Phi) is 7.31. The maximum atomic E-state index is 15.1. The van der Waals surface area contributed by atoms with E-state index in [2.05, 4.69) is 10.3 Å². The fourth-order valence-corrected chi connectivity index (χ4v) is 6.87. The number of alkyl halides is 1. The molecule has 5 aromatic heterocycles. The van der Waals surface area contributed by atoms with Gasteiger partial charge in [-0.1, -0.05) is 6.07 Å². The quantitative estimate of drug-likeness (QED) is 0.225. The van der Waals surface area contributed by atoms with Crippen LogP contribution in [0.4, 0.5) is 19.0 Å². The third-order valence-electron chi connectivity index (χ3n) is 8.99. The fraction of sp³-hybridized carbons (Fsp3) is 0.200. The molecule has 1 fully saturated rings. The molecule has 7 aromatic rings. The van der Waals surface area contributed by atoms with Crippen LogP contribution in [0.2, 0.25) is 0 Å². The van der Waals surface area contributed by atoms with Crippen LogP contribution in [0.3, 0.4) is 0 Å². The highest BCUT2D eigenvalue weighted by atomic mass is 32.2. The summed E-state index contributed by atoms with van der Waals surface area (Å²) in [7, 11) is -1.07. The van der Waals surface area contributed by atoms with E-state index in [4.69, 9.17) is 14.4 Å². The molecule has 2 aromatic carbocycles. The third kappa shape index (κ3) is 5.11. The van der Waals surface area contributed by atoms with Crippen LogP contribution in [0.1, 0.15) is 16.2 Å². The minimum absolute atomic E-state index is 0.0264. The molecule has 1 aliphatic heterocycles. The number of anilines is 1. The van der Waals surface area contributed by atoms with Crippen molar-refractivity contribution in [3.8, 4) is 22.6 Å². The van der Waals surface area contributed by atoms with Crippen LogP contribution in [0.15, 0.2) is 71.1 Å². The van der Waals surface area contributed by atoms with Crippen molar-refractivity contribution in [2.24, 2.45) is 0 Å². The van der Waals surface area contributed by atoms with Gasteiger partial charge >= 0.3 is 0 Å². The predicted octanol–water partition coefficient (Wildman–Crippen LogP) is 5.70. The number of pyridine rings is 2. The summed E-state index contributed by atoms with van der Waals surface area (Å²) in [6.45, 7) is 0.873. The van der Waals surface area contributed by atoms with Crippen molar-refractivity contribution in [1.82, 2.24) is 29.6 Å². The number of carbonyl (C=O) groups is 1. The SMILES string of the molecule is CNC(=O)c1c(-c2ccc(F)cc2)oc2nc(N(C)S(C)(=O)=O)c(-c3ccc4nc(CN5CC(F)C5)n5c6cccc(F)c6cc5c4n3)cc12. The lowest BCUT2D eigenvalue weighted by Crippen LogP contribution is -2.47. The summed E-state index contributed by atoms with van der Waals surface area (Å²) in [6, 6.07) is 16.8. The van der Waals surface area contributed by atoms with E-state index < -0.39 is 33.7 Å². The summed E-state index contributed by atoms with van der Waals surface area (Å²) in [5.41, 5.74) is 3.02. The van der Waals surface area contributed by atoms with Crippen molar-refractivity contribution in [3.05, 3.63) is 89.8 Å².